The van der Waals surface area contributed by atoms with E-state index >= 15 is 0 Å². The third-order valence-corrected chi connectivity index (χ3v) is 3.57. The Balaban J connectivity index is 2.51. The van der Waals surface area contributed by atoms with Gasteiger partial charge in [0.05, 0.1) is 19.3 Å². The predicted molar refractivity (Wildman–Crippen MR) is 66.7 cm³/mol. The molecule has 1 aliphatic rings. The number of methoxy groups -OCH3 is 1. The van der Waals surface area contributed by atoms with Crippen molar-refractivity contribution < 1.29 is 9.47 Å². The van der Waals surface area contributed by atoms with E-state index in [-0.39, 0.29) is 0 Å². The van der Waals surface area contributed by atoms with Crippen molar-refractivity contribution in [2.24, 2.45) is 5.41 Å². The van der Waals surface area contributed by atoms with Crippen molar-refractivity contribution in [2.75, 3.05) is 26.9 Å². The lowest BCUT2D eigenvalue weighted by Crippen LogP contribution is -2.53. The minimum atomic E-state index is 0.339. The Morgan fingerprint density at radius 2 is 2.06 bits per heavy atom. The quantitative estimate of drug-likeness (QED) is 0.708. The minimum absolute atomic E-state index is 0.339. The first-order chi connectivity index (χ1) is 7.61. The smallest absolute Gasteiger partial charge is 0.0734 e. The van der Waals surface area contributed by atoms with E-state index in [1.54, 1.807) is 7.11 Å². The summed E-state index contributed by atoms with van der Waals surface area (Å²) in [6.07, 6.45) is 4.07. The molecule has 0 saturated heterocycles. The number of nitrogens with one attached hydrogen (secondary N) is 1. The summed E-state index contributed by atoms with van der Waals surface area (Å²) in [4.78, 5) is 0. The molecule has 0 aromatic heterocycles. The molecule has 1 rings (SSSR count). The molecule has 0 bridgehead atoms. The minimum Gasteiger partial charge on any atom is -0.382 e. The van der Waals surface area contributed by atoms with Crippen LogP contribution in [-0.2, 0) is 9.47 Å². The Morgan fingerprint density at radius 1 is 1.31 bits per heavy atom. The summed E-state index contributed by atoms with van der Waals surface area (Å²) in [6, 6.07) is 0.475. The van der Waals surface area contributed by atoms with E-state index < -0.39 is 0 Å². The first-order valence-corrected chi connectivity index (χ1v) is 6.45. The summed E-state index contributed by atoms with van der Waals surface area (Å²) in [5, 5.41) is 3.59. The van der Waals surface area contributed by atoms with Crippen LogP contribution >= 0.6 is 0 Å². The monoisotopic (exact) mass is 229 g/mol. The molecule has 2 atom stereocenters. The van der Waals surface area contributed by atoms with Gasteiger partial charge < -0.3 is 14.8 Å². The van der Waals surface area contributed by atoms with Crippen LogP contribution < -0.4 is 5.32 Å². The summed E-state index contributed by atoms with van der Waals surface area (Å²) in [6.45, 7) is 9.25. The highest BCUT2D eigenvalue weighted by atomic mass is 16.5. The molecular weight excluding hydrogens is 202 g/mol. The molecule has 0 aromatic rings. The number of ether oxygens (including phenoxy) is 2. The SMILES string of the molecule is CCNC1C(OCCOC)CCCC1(C)C. The van der Waals surface area contributed by atoms with Gasteiger partial charge in [0.2, 0.25) is 0 Å². The van der Waals surface area contributed by atoms with Crippen molar-refractivity contribution in [3.63, 3.8) is 0 Å². The van der Waals surface area contributed by atoms with E-state index in [1.807, 2.05) is 0 Å². The molecule has 1 aliphatic carbocycles. The van der Waals surface area contributed by atoms with Gasteiger partial charge in [0.15, 0.2) is 0 Å². The van der Waals surface area contributed by atoms with Gasteiger partial charge in [-0.05, 0) is 24.8 Å². The van der Waals surface area contributed by atoms with Gasteiger partial charge >= 0.3 is 0 Å². The molecule has 1 saturated carbocycles. The molecule has 96 valence electrons. The Labute approximate surface area is 99.9 Å². The first-order valence-electron chi connectivity index (χ1n) is 6.45. The van der Waals surface area contributed by atoms with Crippen molar-refractivity contribution in [3.8, 4) is 0 Å². The van der Waals surface area contributed by atoms with Crippen LogP contribution in [-0.4, -0.2) is 39.0 Å². The molecule has 16 heavy (non-hydrogen) atoms. The maximum Gasteiger partial charge on any atom is 0.0734 e. The summed E-state index contributed by atoms with van der Waals surface area (Å²) in [7, 11) is 1.72. The lowest BCUT2D eigenvalue weighted by Gasteiger charge is -2.44. The second-order valence-electron chi connectivity index (χ2n) is 5.32. The van der Waals surface area contributed by atoms with Gasteiger partial charge in [-0.2, -0.15) is 0 Å². The van der Waals surface area contributed by atoms with Crippen molar-refractivity contribution >= 4 is 0 Å². The lowest BCUT2D eigenvalue weighted by atomic mass is 9.71. The number of hydrogen-bond acceptors (Lipinski definition) is 3. The van der Waals surface area contributed by atoms with Crippen molar-refractivity contribution in [3.05, 3.63) is 0 Å². The third-order valence-electron chi connectivity index (χ3n) is 3.57. The molecular formula is C13H27NO2. The zero-order valence-electron chi connectivity index (χ0n) is 11.2. The summed E-state index contributed by atoms with van der Waals surface area (Å²) >= 11 is 0. The van der Waals surface area contributed by atoms with Crippen LogP contribution in [0, 0.1) is 5.41 Å². The van der Waals surface area contributed by atoms with Crippen LogP contribution in [0.3, 0.4) is 0 Å². The lowest BCUT2D eigenvalue weighted by molar-refractivity contribution is -0.0509. The van der Waals surface area contributed by atoms with Gasteiger partial charge in [0, 0.05) is 13.2 Å². The summed E-state index contributed by atoms with van der Waals surface area (Å²) < 4.78 is 11.0. The molecule has 1 N–H and O–H groups in total. The molecule has 0 heterocycles. The van der Waals surface area contributed by atoms with Gasteiger partial charge in [-0.25, -0.2) is 0 Å². The average molecular weight is 229 g/mol. The van der Waals surface area contributed by atoms with E-state index in [0.29, 0.717) is 30.8 Å². The number of hydrogen-bond donors (Lipinski definition) is 1. The molecule has 0 amide bonds. The van der Waals surface area contributed by atoms with Crippen molar-refractivity contribution in [1.82, 2.24) is 5.32 Å². The maximum absolute atomic E-state index is 5.94. The molecule has 3 nitrogen and oxygen atoms in total. The fourth-order valence-electron chi connectivity index (χ4n) is 2.67. The van der Waals surface area contributed by atoms with Crippen LogP contribution in [0.25, 0.3) is 0 Å². The largest absolute Gasteiger partial charge is 0.382 e. The van der Waals surface area contributed by atoms with E-state index in [9.17, 15) is 0 Å². The summed E-state index contributed by atoms with van der Waals surface area (Å²) in [5.41, 5.74) is 0.339. The van der Waals surface area contributed by atoms with Gasteiger partial charge in [0.1, 0.15) is 0 Å². The second-order valence-corrected chi connectivity index (χ2v) is 5.32. The van der Waals surface area contributed by atoms with E-state index in [0.717, 1.165) is 6.54 Å². The Bertz CT molecular complexity index is 194. The van der Waals surface area contributed by atoms with E-state index in [2.05, 4.69) is 26.1 Å². The molecule has 0 spiro atoms. The zero-order chi connectivity index (χ0) is 12.0. The number of rotatable bonds is 6. The van der Waals surface area contributed by atoms with Crippen LogP contribution in [0.1, 0.15) is 40.0 Å². The van der Waals surface area contributed by atoms with Crippen LogP contribution in [0.15, 0.2) is 0 Å². The molecule has 2 unspecified atom stereocenters. The fourth-order valence-corrected chi connectivity index (χ4v) is 2.67. The fraction of sp³-hybridized carbons (Fsp3) is 1.00. The highest BCUT2D eigenvalue weighted by Gasteiger charge is 2.38. The standard InChI is InChI=1S/C13H27NO2/c1-5-14-12-11(16-10-9-15-4)7-6-8-13(12,2)3/h11-12,14H,5-10H2,1-4H3. The van der Waals surface area contributed by atoms with Crippen LogP contribution in [0.2, 0.25) is 0 Å². The van der Waals surface area contributed by atoms with Gasteiger partial charge in [-0.3, -0.25) is 0 Å². The highest BCUT2D eigenvalue weighted by molar-refractivity contribution is 4.94. The molecule has 0 aliphatic heterocycles. The average Bonchev–Trinajstić information content (AvgIpc) is 2.23. The molecule has 3 heteroatoms. The van der Waals surface area contributed by atoms with Crippen molar-refractivity contribution in [2.45, 2.75) is 52.2 Å². The van der Waals surface area contributed by atoms with Gasteiger partial charge in [0.25, 0.3) is 0 Å². The maximum atomic E-state index is 5.94. The van der Waals surface area contributed by atoms with Crippen molar-refractivity contribution in [1.29, 1.82) is 0 Å². The summed E-state index contributed by atoms with van der Waals surface area (Å²) in [5.74, 6) is 0. The second kappa shape index (κ2) is 6.58. The number of likely N-dealkylation sites (N-methyl/N-ethyl adjacent to an activating group) is 1. The van der Waals surface area contributed by atoms with Gasteiger partial charge in [-0.15, -0.1) is 0 Å². The normalized spacial score (nSPS) is 29.2. The van der Waals surface area contributed by atoms with Crippen LogP contribution in [0.4, 0.5) is 0 Å². The Hall–Kier alpha value is -0.120. The van der Waals surface area contributed by atoms with E-state index in [4.69, 9.17) is 9.47 Å². The van der Waals surface area contributed by atoms with Gasteiger partial charge in [-0.1, -0.05) is 27.2 Å². The van der Waals surface area contributed by atoms with E-state index in [1.165, 1.54) is 19.3 Å². The third kappa shape index (κ3) is 3.72. The molecule has 1 fully saturated rings. The predicted octanol–water partition coefficient (Wildman–Crippen LogP) is 2.21. The highest BCUT2D eigenvalue weighted by Crippen LogP contribution is 2.36. The topological polar surface area (TPSA) is 30.5 Å². The Kier molecular flexibility index (Phi) is 5.73. The molecule has 0 aromatic carbocycles. The zero-order valence-corrected chi connectivity index (χ0v) is 11.2. The van der Waals surface area contributed by atoms with Crippen LogP contribution in [0.5, 0.6) is 0 Å². The molecule has 0 radical (unpaired) electrons. The first kappa shape index (κ1) is 13.9. The Morgan fingerprint density at radius 3 is 2.69 bits per heavy atom.